The third-order valence-electron chi connectivity index (χ3n) is 3.00. The van der Waals surface area contributed by atoms with Crippen LogP contribution in [0.3, 0.4) is 0 Å². The second-order valence-electron chi connectivity index (χ2n) is 3.87. The smallest absolute Gasteiger partial charge is 0.119 e. The van der Waals surface area contributed by atoms with E-state index in [4.69, 9.17) is 4.74 Å². The average molecular weight is 255 g/mol. The highest BCUT2D eigenvalue weighted by Gasteiger charge is 2.19. The molecule has 1 aromatic carbocycles. The molecule has 0 saturated heterocycles. The number of ether oxygens (including phenoxy) is 1. The molecule has 2 heteroatoms. The van der Waals surface area contributed by atoms with Crippen LogP contribution in [0.2, 0.25) is 0 Å². The van der Waals surface area contributed by atoms with Crippen LogP contribution in [0.15, 0.2) is 22.7 Å². The Bertz CT molecular complexity index is 316. The zero-order valence-corrected chi connectivity index (χ0v) is 10.0. The van der Waals surface area contributed by atoms with Crippen molar-refractivity contribution in [3.05, 3.63) is 28.2 Å². The minimum absolute atomic E-state index is 0.736. The van der Waals surface area contributed by atoms with Crippen LogP contribution in [-0.4, -0.2) is 7.11 Å². The molecule has 2 rings (SSSR count). The van der Waals surface area contributed by atoms with Crippen molar-refractivity contribution in [1.29, 1.82) is 0 Å². The summed E-state index contributed by atoms with van der Waals surface area (Å²) in [5, 5.41) is 0. The summed E-state index contributed by atoms with van der Waals surface area (Å²) in [6.45, 7) is 0. The van der Waals surface area contributed by atoms with Gasteiger partial charge in [-0.15, -0.1) is 0 Å². The first-order valence-electron chi connectivity index (χ1n) is 5.14. The maximum Gasteiger partial charge on any atom is 0.119 e. The van der Waals surface area contributed by atoms with Crippen molar-refractivity contribution in [1.82, 2.24) is 0 Å². The van der Waals surface area contributed by atoms with Crippen molar-refractivity contribution in [2.75, 3.05) is 7.11 Å². The molecule has 1 aliphatic carbocycles. The largest absolute Gasteiger partial charge is 0.497 e. The van der Waals surface area contributed by atoms with Gasteiger partial charge in [0.2, 0.25) is 0 Å². The van der Waals surface area contributed by atoms with E-state index < -0.39 is 0 Å². The normalized spacial score (nSPS) is 17.3. The molecule has 1 nitrogen and oxygen atoms in total. The minimum Gasteiger partial charge on any atom is -0.497 e. The van der Waals surface area contributed by atoms with Crippen LogP contribution in [0.1, 0.15) is 37.2 Å². The number of methoxy groups -OCH3 is 1. The molecule has 0 amide bonds. The van der Waals surface area contributed by atoms with Gasteiger partial charge in [0, 0.05) is 4.47 Å². The monoisotopic (exact) mass is 254 g/mol. The Hall–Kier alpha value is -0.500. The summed E-state index contributed by atoms with van der Waals surface area (Å²) in [5.74, 6) is 1.70. The Morgan fingerprint density at radius 3 is 2.64 bits per heavy atom. The SMILES string of the molecule is COc1ccc(Br)c(C2CCCC2)c1. The Morgan fingerprint density at radius 2 is 2.00 bits per heavy atom. The van der Waals surface area contributed by atoms with Crippen LogP contribution in [0.25, 0.3) is 0 Å². The fourth-order valence-electron chi connectivity index (χ4n) is 2.20. The maximum absolute atomic E-state index is 5.25. The molecule has 0 unspecified atom stereocenters. The lowest BCUT2D eigenvalue weighted by molar-refractivity contribution is 0.413. The van der Waals surface area contributed by atoms with Gasteiger partial charge in [0.1, 0.15) is 5.75 Å². The molecule has 0 atom stereocenters. The fraction of sp³-hybridized carbons (Fsp3) is 0.500. The summed E-state index contributed by atoms with van der Waals surface area (Å²) >= 11 is 3.61. The summed E-state index contributed by atoms with van der Waals surface area (Å²) in [6.07, 6.45) is 5.39. The number of rotatable bonds is 2. The lowest BCUT2D eigenvalue weighted by atomic mass is 9.98. The van der Waals surface area contributed by atoms with E-state index in [2.05, 4.69) is 28.1 Å². The van der Waals surface area contributed by atoms with E-state index >= 15 is 0 Å². The number of hydrogen-bond acceptors (Lipinski definition) is 1. The zero-order valence-electron chi connectivity index (χ0n) is 8.42. The molecular weight excluding hydrogens is 240 g/mol. The predicted molar refractivity (Wildman–Crippen MR) is 61.9 cm³/mol. The van der Waals surface area contributed by atoms with Gasteiger partial charge >= 0.3 is 0 Å². The summed E-state index contributed by atoms with van der Waals surface area (Å²) in [5.41, 5.74) is 1.42. The Balaban J connectivity index is 2.29. The van der Waals surface area contributed by atoms with Crippen LogP contribution in [-0.2, 0) is 0 Å². The lowest BCUT2D eigenvalue weighted by Gasteiger charge is -2.13. The van der Waals surface area contributed by atoms with E-state index in [1.807, 2.05) is 6.07 Å². The van der Waals surface area contributed by atoms with Crippen LogP contribution in [0, 0.1) is 0 Å². The molecule has 0 radical (unpaired) electrons. The standard InChI is InChI=1S/C12H15BrO/c1-14-10-6-7-12(13)11(8-10)9-4-2-3-5-9/h6-9H,2-5H2,1H3. The van der Waals surface area contributed by atoms with E-state index in [0.29, 0.717) is 0 Å². The molecule has 76 valence electrons. The molecular formula is C12H15BrO. The first-order chi connectivity index (χ1) is 6.81. The lowest BCUT2D eigenvalue weighted by Crippen LogP contribution is -1.94. The van der Waals surface area contributed by atoms with Crippen LogP contribution < -0.4 is 4.74 Å². The fourth-order valence-corrected chi connectivity index (χ4v) is 2.77. The molecule has 1 aromatic rings. The Morgan fingerprint density at radius 1 is 1.29 bits per heavy atom. The van der Waals surface area contributed by atoms with E-state index in [-0.39, 0.29) is 0 Å². The summed E-state index contributed by atoms with van der Waals surface area (Å²) in [4.78, 5) is 0. The van der Waals surface area contributed by atoms with E-state index in [9.17, 15) is 0 Å². The van der Waals surface area contributed by atoms with Crippen molar-refractivity contribution in [2.24, 2.45) is 0 Å². The van der Waals surface area contributed by atoms with Gasteiger partial charge in [0.05, 0.1) is 7.11 Å². The molecule has 14 heavy (non-hydrogen) atoms. The third-order valence-corrected chi connectivity index (χ3v) is 3.72. The van der Waals surface area contributed by atoms with Crippen molar-refractivity contribution in [2.45, 2.75) is 31.6 Å². The van der Waals surface area contributed by atoms with Crippen molar-refractivity contribution in [3.8, 4) is 5.75 Å². The maximum atomic E-state index is 5.25. The van der Waals surface area contributed by atoms with Gasteiger partial charge in [0.25, 0.3) is 0 Å². The molecule has 1 fully saturated rings. The van der Waals surface area contributed by atoms with Gasteiger partial charge in [0.15, 0.2) is 0 Å². The predicted octanol–water partition coefficient (Wildman–Crippen LogP) is 4.12. The topological polar surface area (TPSA) is 9.23 Å². The van der Waals surface area contributed by atoms with Crippen molar-refractivity contribution >= 4 is 15.9 Å². The highest BCUT2D eigenvalue weighted by atomic mass is 79.9. The van der Waals surface area contributed by atoms with Crippen LogP contribution >= 0.6 is 15.9 Å². The summed E-state index contributed by atoms with van der Waals surface area (Å²) in [6, 6.07) is 6.26. The van der Waals surface area contributed by atoms with Crippen LogP contribution in [0.5, 0.6) is 5.75 Å². The van der Waals surface area contributed by atoms with E-state index in [1.54, 1.807) is 7.11 Å². The molecule has 0 heterocycles. The first-order valence-corrected chi connectivity index (χ1v) is 5.94. The second-order valence-corrected chi connectivity index (χ2v) is 4.72. The molecule has 0 bridgehead atoms. The summed E-state index contributed by atoms with van der Waals surface area (Å²) < 4.78 is 6.48. The molecule has 1 aliphatic rings. The highest BCUT2D eigenvalue weighted by molar-refractivity contribution is 9.10. The number of halogens is 1. The van der Waals surface area contributed by atoms with E-state index in [0.717, 1.165) is 11.7 Å². The molecule has 0 spiro atoms. The Labute approximate surface area is 93.6 Å². The van der Waals surface area contributed by atoms with Gasteiger partial charge in [-0.2, -0.15) is 0 Å². The van der Waals surface area contributed by atoms with Crippen molar-refractivity contribution in [3.63, 3.8) is 0 Å². The van der Waals surface area contributed by atoms with Gasteiger partial charge in [-0.25, -0.2) is 0 Å². The summed E-state index contributed by atoms with van der Waals surface area (Å²) in [7, 11) is 1.72. The molecule has 0 aromatic heterocycles. The van der Waals surface area contributed by atoms with Gasteiger partial charge in [-0.3, -0.25) is 0 Å². The highest BCUT2D eigenvalue weighted by Crippen LogP contribution is 2.39. The average Bonchev–Trinajstić information content (AvgIpc) is 2.71. The zero-order chi connectivity index (χ0) is 9.97. The third kappa shape index (κ3) is 1.95. The van der Waals surface area contributed by atoms with Gasteiger partial charge in [-0.1, -0.05) is 28.8 Å². The molecule has 0 aliphatic heterocycles. The van der Waals surface area contributed by atoms with Gasteiger partial charge < -0.3 is 4.74 Å². The van der Waals surface area contributed by atoms with Crippen molar-refractivity contribution < 1.29 is 4.74 Å². The molecule has 0 N–H and O–H groups in total. The Kier molecular flexibility index (Phi) is 3.12. The van der Waals surface area contributed by atoms with E-state index in [1.165, 1.54) is 35.7 Å². The molecule has 1 saturated carbocycles. The van der Waals surface area contributed by atoms with Crippen LogP contribution in [0.4, 0.5) is 0 Å². The quantitative estimate of drug-likeness (QED) is 0.772. The van der Waals surface area contributed by atoms with Gasteiger partial charge in [-0.05, 0) is 42.5 Å². The second kappa shape index (κ2) is 4.35. The number of benzene rings is 1. The first kappa shape index (κ1) is 10.0. The number of hydrogen-bond donors (Lipinski definition) is 0. The minimum atomic E-state index is 0.736.